The van der Waals surface area contributed by atoms with Gasteiger partial charge in [-0.05, 0) is 32.9 Å². The molecule has 0 aromatic heterocycles. The van der Waals surface area contributed by atoms with Crippen LogP contribution in [0.3, 0.4) is 0 Å². The highest BCUT2D eigenvalue weighted by molar-refractivity contribution is 6.21. The molecule has 2 aromatic rings. The monoisotopic (exact) mass is 769 g/mol. The number of anilines is 1. The summed E-state index contributed by atoms with van der Waals surface area (Å²) in [5.74, 6) is -11.0. The van der Waals surface area contributed by atoms with Gasteiger partial charge in [0.25, 0.3) is 11.7 Å². The zero-order chi connectivity index (χ0) is 41.3. The standard InChI is InChI=1S/C39H47NO15/c1-17-11-10-13-38(7,50)35(47)21(5)30(44)19(3)33(54-22(6)41)18(2)24(51-9)12-14-53-39(8)36(48)29-27-25(52-16-26(42)43)15-23(40-37(17)49)32(46)28(27)31(45)20(4)34(29)55-39/h10-15,18-19,21,24,30,33,44-46,50H,16H2,1-9H3,(H,40,49)(H,42,43)/b13-10+,14-12+,17-11-. The van der Waals surface area contributed by atoms with Crippen molar-refractivity contribution in [3.63, 3.8) is 0 Å². The highest BCUT2D eigenvalue weighted by atomic mass is 16.7. The third-order valence-corrected chi connectivity index (χ3v) is 9.99. The first-order valence-corrected chi connectivity index (χ1v) is 17.4. The first-order chi connectivity index (χ1) is 25.6. The number of carbonyl (C=O) groups excluding carboxylic acids is 4. The van der Waals surface area contributed by atoms with Gasteiger partial charge in [-0.2, -0.15) is 0 Å². The summed E-state index contributed by atoms with van der Waals surface area (Å²) in [6.45, 7) is 10.2. The number of aliphatic carboxylic acids is 1. The molecular weight excluding hydrogens is 722 g/mol. The van der Waals surface area contributed by atoms with Crippen molar-refractivity contribution in [1.82, 2.24) is 0 Å². The van der Waals surface area contributed by atoms with Crippen LogP contribution < -0.4 is 14.8 Å². The molecule has 55 heavy (non-hydrogen) atoms. The van der Waals surface area contributed by atoms with Crippen molar-refractivity contribution in [2.24, 2.45) is 17.8 Å². The van der Waals surface area contributed by atoms with Crippen LogP contribution in [0.5, 0.6) is 23.0 Å². The third-order valence-electron chi connectivity index (χ3n) is 9.99. The molecule has 1 amide bonds. The molecule has 0 spiro atoms. The van der Waals surface area contributed by atoms with Crippen molar-refractivity contribution in [1.29, 1.82) is 0 Å². The van der Waals surface area contributed by atoms with Crippen LogP contribution in [0.4, 0.5) is 5.69 Å². The minimum absolute atomic E-state index is 0.00200. The number of phenols is 2. The second-order valence-corrected chi connectivity index (χ2v) is 14.2. The molecule has 0 saturated heterocycles. The minimum Gasteiger partial charge on any atom is -0.507 e. The maximum atomic E-state index is 14.2. The number of allylic oxidation sites excluding steroid dienone is 2. The van der Waals surface area contributed by atoms with E-state index in [0.29, 0.717) is 0 Å². The Kier molecular flexibility index (Phi) is 12.4. The fourth-order valence-corrected chi connectivity index (χ4v) is 6.77. The smallest absolute Gasteiger partial charge is 0.341 e. The zero-order valence-electron chi connectivity index (χ0n) is 32.0. The van der Waals surface area contributed by atoms with E-state index in [1.807, 2.05) is 0 Å². The van der Waals surface area contributed by atoms with Crippen molar-refractivity contribution in [3.8, 4) is 23.0 Å². The number of methoxy groups -OCH3 is 1. The molecule has 5 bridgehead atoms. The number of nitrogens with one attached hydrogen (secondary N) is 1. The number of phenolic OH excluding ortho intramolecular Hbond substituents is 2. The molecule has 0 saturated carbocycles. The Hall–Kier alpha value is -5.45. The van der Waals surface area contributed by atoms with Gasteiger partial charge in [-0.3, -0.25) is 19.2 Å². The molecule has 298 valence electrons. The third kappa shape index (κ3) is 8.30. The van der Waals surface area contributed by atoms with Crippen LogP contribution in [-0.4, -0.2) is 98.4 Å². The van der Waals surface area contributed by atoms with Crippen molar-refractivity contribution in [2.45, 2.75) is 85.1 Å². The van der Waals surface area contributed by atoms with Crippen LogP contribution in [0.1, 0.15) is 64.4 Å². The van der Waals surface area contributed by atoms with Crippen LogP contribution >= 0.6 is 0 Å². The molecule has 3 aliphatic rings. The van der Waals surface area contributed by atoms with Crippen LogP contribution in [0, 0.1) is 24.7 Å². The molecule has 5 rings (SSSR count). The molecule has 0 radical (unpaired) electrons. The highest BCUT2D eigenvalue weighted by Gasteiger charge is 2.50. The van der Waals surface area contributed by atoms with Gasteiger partial charge in [0.05, 0.1) is 35.1 Å². The summed E-state index contributed by atoms with van der Waals surface area (Å²) in [5, 5.41) is 56.7. The topological polar surface area (TPSA) is 245 Å². The molecule has 8 atom stereocenters. The Morgan fingerprint density at radius 3 is 2.27 bits per heavy atom. The number of hydrogen-bond donors (Lipinski definition) is 6. The summed E-state index contributed by atoms with van der Waals surface area (Å²) in [7, 11) is 1.37. The number of esters is 1. The number of amides is 1. The number of fused-ring (bicyclic) bond motifs is 14. The van der Waals surface area contributed by atoms with E-state index < -0.39 is 95.0 Å². The molecule has 8 unspecified atom stereocenters. The van der Waals surface area contributed by atoms with E-state index in [0.717, 1.165) is 18.4 Å². The number of hydrogen-bond acceptors (Lipinski definition) is 14. The van der Waals surface area contributed by atoms with E-state index >= 15 is 0 Å². The fourth-order valence-electron chi connectivity index (χ4n) is 6.77. The zero-order valence-corrected chi connectivity index (χ0v) is 32.0. The van der Waals surface area contributed by atoms with Crippen molar-refractivity contribution < 1.29 is 73.2 Å². The average Bonchev–Trinajstić information content (AvgIpc) is 3.38. The van der Waals surface area contributed by atoms with Crippen molar-refractivity contribution >= 4 is 45.9 Å². The van der Waals surface area contributed by atoms with E-state index in [1.54, 1.807) is 13.8 Å². The molecular formula is C39H47NO15. The predicted octanol–water partition coefficient (Wildman–Crippen LogP) is 3.84. The summed E-state index contributed by atoms with van der Waals surface area (Å²) in [5.41, 5.74) is -2.66. The molecule has 0 fully saturated rings. The van der Waals surface area contributed by atoms with Gasteiger partial charge in [-0.25, -0.2) is 4.79 Å². The summed E-state index contributed by atoms with van der Waals surface area (Å²) < 4.78 is 28.7. The number of aliphatic hydroxyl groups is 2. The Balaban J connectivity index is 1.95. The van der Waals surface area contributed by atoms with Crippen LogP contribution in [0.2, 0.25) is 0 Å². The van der Waals surface area contributed by atoms with E-state index in [-0.39, 0.29) is 44.7 Å². The maximum Gasteiger partial charge on any atom is 0.341 e. The SMILES string of the molecule is COC1/C=C/OC2(C)Oc3c(C)c(O)c4c(O)c(cc(OCC(=O)O)c4c3C2=O)NC(=O)/C(C)=C\C=C\C(C)(O)C(=O)C(C)C(O)C(C)C(OC(C)=O)C1C. The Morgan fingerprint density at radius 1 is 1.02 bits per heavy atom. The molecule has 3 heterocycles. The van der Waals surface area contributed by atoms with E-state index in [1.165, 1.54) is 66.9 Å². The van der Waals surface area contributed by atoms with Gasteiger partial charge in [0.15, 0.2) is 18.1 Å². The molecule has 6 N–H and O–H groups in total. The van der Waals surface area contributed by atoms with Crippen LogP contribution in [0.15, 0.2) is 42.2 Å². The lowest BCUT2D eigenvalue weighted by atomic mass is 9.78. The van der Waals surface area contributed by atoms with E-state index in [9.17, 15) is 49.5 Å². The first-order valence-electron chi connectivity index (χ1n) is 17.4. The number of carboxylic acid groups (broad SMARTS) is 1. The predicted molar refractivity (Wildman–Crippen MR) is 196 cm³/mol. The first kappa shape index (κ1) is 42.3. The minimum atomic E-state index is -2.13. The lowest BCUT2D eigenvalue weighted by Gasteiger charge is -2.37. The van der Waals surface area contributed by atoms with Gasteiger partial charge in [-0.15, -0.1) is 0 Å². The lowest BCUT2D eigenvalue weighted by Crippen LogP contribution is -2.48. The van der Waals surface area contributed by atoms with Crippen molar-refractivity contribution in [2.75, 3.05) is 19.0 Å². The van der Waals surface area contributed by atoms with Crippen molar-refractivity contribution in [3.05, 3.63) is 53.3 Å². The normalized spacial score (nSPS) is 31.2. The second-order valence-electron chi connectivity index (χ2n) is 14.2. The average molecular weight is 770 g/mol. The van der Waals surface area contributed by atoms with Gasteiger partial charge in [0.2, 0.25) is 0 Å². The number of Topliss-reactive ketones (excluding diaryl/α,β-unsaturated/α-hetero) is 2. The molecule has 3 aliphatic heterocycles. The molecule has 2 aromatic carbocycles. The number of ether oxygens (including phenoxy) is 5. The molecule has 16 nitrogen and oxygen atoms in total. The molecule has 0 aliphatic carbocycles. The van der Waals surface area contributed by atoms with Crippen LogP contribution in [0.25, 0.3) is 10.8 Å². The van der Waals surface area contributed by atoms with Gasteiger partial charge >= 0.3 is 17.7 Å². The second kappa shape index (κ2) is 16.1. The Labute approximate surface area is 317 Å². The lowest BCUT2D eigenvalue weighted by molar-refractivity contribution is -0.160. The summed E-state index contributed by atoms with van der Waals surface area (Å²) in [6, 6.07) is 1.08. The number of aliphatic hydroxyl groups excluding tert-OH is 1. The number of rotatable bonds is 5. The van der Waals surface area contributed by atoms with Gasteiger partial charge in [0, 0.05) is 61.3 Å². The van der Waals surface area contributed by atoms with Gasteiger partial charge in [-0.1, -0.05) is 32.9 Å². The van der Waals surface area contributed by atoms with E-state index in [2.05, 4.69) is 5.32 Å². The number of ketones is 2. The summed E-state index contributed by atoms with van der Waals surface area (Å²) in [4.78, 5) is 64.8. The summed E-state index contributed by atoms with van der Waals surface area (Å²) in [6.07, 6.45) is 2.81. The largest absolute Gasteiger partial charge is 0.507 e. The maximum absolute atomic E-state index is 14.2. The van der Waals surface area contributed by atoms with Gasteiger partial charge < -0.3 is 54.5 Å². The number of aromatic hydroxyl groups is 2. The van der Waals surface area contributed by atoms with E-state index in [4.69, 9.17) is 23.7 Å². The van der Waals surface area contributed by atoms with Gasteiger partial charge in [0.1, 0.15) is 29.0 Å². The van der Waals surface area contributed by atoms with Crippen LogP contribution in [-0.2, 0) is 33.4 Å². The highest BCUT2D eigenvalue weighted by Crippen LogP contribution is 2.54. The number of carbonyl (C=O) groups is 5. The number of carboxylic acids is 1. The Bertz CT molecular complexity index is 2000. The summed E-state index contributed by atoms with van der Waals surface area (Å²) >= 11 is 0. The quantitative estimate of drug-likeness (QED) is 0.187. The Morgan fingerprint density at radius 2 is 1.67 bits per heavy atom. The fraction of sp³-hybridized carbons (Fsp3) is 0.462. The number of benzene rings is 2. The molecule has 16 heteroatoms.